The van der Waals surface area contributed by atoms with E-state index in [-0.39, 0.29) is 36.2 Å². The molecule has 0 aliphatic carbocycles. The number of hydrogen-bond donors (Lipinski definition) is 1. The fourth-order valence-electron chi connectivity index (χ4n) is 5.24. The molecule has 8 heteroatoms. The van der Waals surface area contributed by atoms with Gasteiger partial charge in [0.1, 0.15) is 6.61 Å². The Morgan fingerprint density at radius 1 is 0.633 bits per heavy atom. The minimum absolute atomic E-state index is 0.0563. The molecule has 0 bridgehead atoms. The van der Waals surface area contributed by atoms with Gasteiger partial charge in [-0.15, -0.1) is 0 Å². The predicted octanol–water partition coefficient (Wildman–Crippen LogP) is 9.68. The summed E-state index contributed by atoms with van der Waals surface area (Å²) in [5.41, 5.74) is 0. The smallest absolute Gasteiger partial charge is 0.362 e. The molecule has 8 nitrogen and oxygen atoms in total. The Labute approximate surface area is 299 Å². The topological polar surface area (TPSA) is 99.1 Å². The van der Waals surface area contributed by atoms with Gasteiger partial charge in [0.15, 0.2) is 12.1 Å². The minimum atomic E-state index is -0.881. The molecule has 0 radical (unpaired) electrons. The molecule has 0 rings (SSSR count). The van der Waals surface area contributed by atoms with Crippen LogP contribution in [0.5, 0.6) is 0 Å². The molecule has 282 valence electrons. The second-order valence-corrected chi connectivity index (χ2v) is 13.8. The maximum Gasteiger partial charge on any atom is 0.362 e. The molecule has 0 fully saturated rings. The van der Waals surface area contributed by atoms with Crippen LogP contribution in [0.3, 0.4) is 0 Å². The largest absolute Gasteiger partial charge is 0.477 e. The molecular weight excluding hydrogens is 618 g/mol. The van der Waals surface area contributed by atoms with Crippen LogP contribution in [-0.4, -0.2) is 80.6 Å². The monoisotopic (exact) mass is 691 g/mol. The average molecular weight is 691 g/mol. The molecular formula is C41H72NO7+. The fraction of sp³-hybridized carbons (Fsp3) is 0.732. The number of carbonyl (C=O) groups is 3. The summed E-state index contributed by atoms with van der Waals surface area (Å²) in [5.74, 6) is -1.52. The molecule has 49 heavy (non-hydrogen) atoms. The lowest BCUT2D eigenvalue weighted by atomic mass is 10.0. The first kappa shape index (κ1) is 46.3. The van der Waals surface area contributed by atoms with Crippen molar-refractivity contribution in [1.82, 2.24) is 0 Å². The number of esters is 2. The number of hydrogen-bond acceptors (Lipinski definition) is 6. The van der Waals surface area contributed by atoms with Crippen LogP contribution in [-0.2, 0) is 28.6 Å². The third-order valence-electron chi connectivity index (χ3n) is 8.24. The Morgan fingerprint density at radius 3 is 1.67 bits per heavy atom. The highest BCUT2D eigenvalue weighted by molar-refractivity contribution is 5.72. The number of unbranched alkanes of at least 4 members (excludes halogenated alkanes) is 11. The van der Waals surface area contributed by atoms with Gasteiger partial charge in [0.05, 0.1) is 34.4 Å². The Hall–Kier alpha value is -2.71. The van der Waals surface area contributed by atoms with E-state index >= 15 is 0 Å². The van der Waals surface area contributed by atoms with Crippen LogP contribution < -0.4 is 0 Å². The molecule has 2 unspecified atom stereocenters. The fourth-order valence-corrected chi connectivity index (χ4v) is 5.24. The van der Waals surface area contributed by atoms with Crippen LogP contribution in [0.15, 0.2) is 48.6 Å². The Balaban J connectivity index is 4.03. The molecule has 1 N–H and O–H groups in total. The third kappa shape index (κ3) is 31.0. The molecule has 0 amide bonds. The number of carboxylic acid groups (broad SMARTS) is 1. The SMILES string of the molecule is CC/C=C\C/C=C\C/C=C\C/C=C\CCCCCCCCCCCCC(=O)OC(COCCC(C(=O)O)[N+](C)(C)C)COC(=O)CCCC. The number of quaternary nitrogens is 1. The normalized spacial score (nSPS) is 13.6. The van der Waals surface area contributed by atoms with Crippen molar-refractivity contribution < 1.29 is 38.2 Å². The number of nitrogens with zero attached hydrogens (tertiary/aromatic N) is 1. The van der Waals surface area contributed by atoms with Gasteiger partial charge >= 0.3 is 17.9 Å². The minimum Gasteiger partial charge on any atom is -0.477 e. The number of aliphatic carboxylic acids is 1. The van der Waals surface area contributed by atoms with Crippen molar-refractivity contribution in [2.45, 2.75) is 154 Å². The van der Waals surface area contributed by atoms with Gasteiger partial charge in [0, 0.05) is 19.3 Å². The first-order valence-electron chi connectivity index (χ1n) is 19.2. The van der Waals surface area contributed by atoms with Crippen molar-refractivity contribution >= 4 is 17.9 Å². The van der Waals surface area contributed by atoms with Crippen LogP contribution in [0.4, 0.5) is 0 Å². The van der Waals surface area contributed by atoms with Crippen molar-refractivity contribution in [3.8, 4) is 0 Å². The summed E-state index contributed by atoms with van der Waals surface area (Å²) in [6.07, 6.45) is 36.9. The van der Waals surface area contributed by atoms with Gasteiger partial charge < -0.3 is 23.8 Å². The lowest BCUT2D eigenvalue weighted by Gasteiger charge is -2.31. The van der Waals surface area contributed by atoms with E-state index in [9.17, 15) is 19.5 Å². The van der Waals surface area contributed by atoms with E-state index in [0.717, 1.165) is 57.8 Å². The maximum atomic E-state index is 12.5. The maximum absolute atomic E-state index is 12.5. The van der Waals surface area contributed by atoms with Crippen molar-refractivity contribution in [3.05, 3.63) is 48.6 Å². The Kier molecular flexibility index (Phi) is 30.7. The standard InChI is InChI=1S/C41H71NO7/c1-6-8-10-11-12-13-14-15-16-17-18-19-20-21-22-23-24-25-26-27-28-29-30-32-40(44)49-37(36-48-39(43)31-9-7-2)35-47-34-33-38(41(45)46)42(3,4)5/h8,10,12-13,15-16,18-19,37-38H,6-7,9,11,14,17,20-36H2,1-5H3/p+1/b10-8-,13-12-,16-15-,19-18-. The Morgan fingerprint density at radius 2 is 1.14 bits per heavy atom. The highest BCUT2D eigenvalue weighted by Gasteiger charge is 2.31. The van der Waals surface area contributed by atoms with E-state index in [0.29, 0.717) is 19.3 Å². The van der Waals surface area contributed by atoms with Gasteiger partial charge in [-0.05, 0) is 51.4 Å². The molecule has 0 saturated carbocycles. The second kappa shape index (κ2) is 32.5. The van der Waals surface area contributed by atoms with Gasteiger partial charge in [0.2, 0.25) is 0 Å². The van der Waals surface area contributed by atoms with Crippen molar-refractivity contribution in [2.75, 3.05) is 41.0 Å². The van der Waals surface area contributed by atoms with Crippen molar-refractivity contribution in [2.24, 2.45) is 0 Å². The molecule has 0 heterocycles. The van der Waals surface area contributed by atoms with E-state index < -0.39 is 18.1 Å². The zero-order valence-electron chi connectivity index (χ0n) is 31.9. The van der Waals surface area contributed by atoms with Crippen LogP contribution in [0, 0.1) is 0 Å². The number of ether oxygens (including phenoxy) is 3. The second-order valence-electron chi connectivity index (χ2n) is 13.8. The summed E-state index contributed by atoms with van der Waals surface area (Å²) in [6.45, 7) is 4.36. The zero-order chi connectivity index (χ0) is 36.4. The van der Waals surface area contributed by atoms with E-state index in [2.05, 4.69) is 55.5 Å². The summed E-state index contributed by atoms with van der Waals surface area (Å²) in [4.78, 5) is 36.1. The average Bonchev–Trinajstić information content (AvgIpc) is 3.05. The van der Waals surface area contributed by atoms with Gasteiger partial charge in [-0.25, -0.2) is 4.79 Å². The van der Waals surface area contributed by atoms with Crippen molar-refractivity contribution in [3.63, 3.8) is 0 Å². The lowest BCUT2D eigenvalue weighted by Crippen LogP contribution is -2.50. The van der Waals surface area contributed by atoms with Crippen LogP contribution in [0.1, 0.15) is 142 Å². The quantitative estimate of drug-likeness (QED) is 0.0317. The van der Waals surface area contributed by atoms with E-state index in [1.54, 1.807) is 0 Å². The van der Waals surface area contributed by atoms with Crippen LogP contribution in [0.25, 0.3) is 0 Å². The zero-order valence-corrected chi connectivity index (χ0v) is 31.9. The summed E-state index contributed by atoms with van der Waals surface area (Å²) >= 11 is 0. The summed E-state index contributed by atoms with van der Waals surface area (Å²) in [6, 6.07) is -0.611. The summed E-state index contributed by atoms with van der Waals surface area (Å²) < 4.78 is 16.9. The number of carboxylic acids is 1. The van der Waals surface area contributed by atoms with Crippen molar-refractivity contribution in [1.29, 1.82) is 0 Å². The summed E-state index contributed by atoms with van der Waals surface area (Å²) in [5, 5.41) is 9.52. The molecule has 0 aromatic heterocycles. The number of rotatable bonds is 33. The van der Waals surface area contributed by atoms with Crippen LogP contribution in [0.2, 0.25) is 0 Å². The van der Waals surface area contributed by atoms with E-state index in [1.165, 1.54) is 51.4 Å². The number of carbonyl (C=O) groups excluding carboxylic acids is 2. The molecule has 2 atom stereocenters. The molecule has 0 aliphatic heterocycles. The van der Waals surface area contributed by atoms with Gasteiger partial charge in [0.25, 0.3) is 0 Å². The number of likely N-dealkylation sites (N-methyl/N-ethyl adjacent to an activating group) is 1. The predicted molar refractivity (Wildman–Crippen MR) is 201 cm³/mol. The molecule has 0 aliphatic rings. The number of allylic oxidation sites excluding steroid dienone is 8. The van der Waals surface area contributed by atoms with E-state index in [1.807, 2.05) is 28.1 Å². The molecule has 0 aromatic carbocycles. The summed E-state index contributed by atoms with van der Waals surface area (Å²) in [7, 11) is 5.49. The first-order valence-corrected chi connectivity index (χ1v) is 19.2. The lowest BCUT2D eigenvalue weighted by molar-refractivity contribution is -0.887. The van der Waals surface area contributed by atoms with Gasteiger partial charge in [-0.3, -0.25) is 9.59 Å². The first-order chi connectivity index (χ1) is 23.6. The molecule has 0 spiro atoms. The molecule has 0 aromatic rings. The third-order valence-corrected chi connectivity index (χ3v) is 8.24. The highest BCUT2D eigenvalue weighted by atomic mass is 16.6. The highest BCUT2D eigenvalue weighted by Crippen LogP contribution is 2.14. The van der Waals surface area contributed by atoms with Crippen LogP contribution >= 0.6 is 0 Å². The van der Waals surface area contributed by atoms with E-state index in [4.69, 9.17) is 14.2 Å². The van der Waals surface area contributed by atoms with Gasteiger partial charge in [-0.2, -0.15) is 0 Å². The molecule has 0 saturated heterocycles. The van der Waals surface area contributed by atoms with Gasteiger partial charge in [-0.1, -0.05) is 120 Å². The Bertz CT molecular complexity index is 948.